The van der Waals surface area contributed by atoms with Crippen molar-refractivity contribution in [3.05, 3.63) is 47.3 Å². The number of carbonyl (C=O) groups excluding carboxylic acids is 4. The van der Waals surface area contributed by atoms with Crippen LogP contribution in [0.3, 0.4) is 0 Å². The highest BCUT2D eigenvalue weighted by Gasteiger charge is 2.67. The largest absolute Gasteiger partial charge is 0.367 e. The fourth-order valence-corrected chi connectivity index (χ4v) is 7.15. The lowest BCUT2D eigenvalue weighted by Crippen LogP contribution is -2.64. The molecule has 0 spiro atoms. The first-order chi connectivity index (χ1) is 16.9. The van der Waals surface area contributed by atoms with Crippen LogP contribution in [0.1, 0.15) is 61.0 Å². The Balaban J connectivity index is 1.35. The summed E-state index contributed by atoms with van der Waals surface area (Å²) in [5, 5.41) is 0. The first-order valence-electron chi connectivity index (χ1n) is 12.5. The Kier molecular flexibility index (Phi) is 6.49. The molecular weight excluding hydrogens is 462 g/mol. The van der Waals surface area contributed by atoms with Gasteiger partial charge in [-0.3, -0.25) is 19.2 Å². The zero-order valence-corrected chi connectivity index (χ0v) is 20.6. The standard InChI is InChI=1S/C27H31N3O4S/c28-26(34)27-22(15-16-30(27)24(32)14-11-18-7-3-1-4-8-18)29(17-23(27)31)25(33)21-13-12-20(35-21)19-9-5-2-6-10-19/h2,5-6,9-10,12-13,18,22H,1,3-4,7-8,11,14-17H2,(H2,28,34). The summed E-state index contributed by atoms with van der Waals surface area (Å²) < 4.78 is 0. The number of nitrogens with zero attached hydrogens (tertiary/aromatic N) is 2. The quantitative estimate of drug-likeness (QED) is 0.621. The second-order valence-corrected chi connectivity index (χ2v) is 11.0. The maximum absolute atomic E-state index is 13.5. The molecule has 1 aliphatic carbocycles. The minimum absolute atomic E-state index is 0.206. The van der Waals surface area contributed by atoms with E-state index in [-0.39, 0.29) is 24.9 Å². The molecule has 7 nitrogen and oxygen atoms in total. The molecule has 2 saturated heterocycles. The van der Waals surface area contributed by atoms with Crippen molar-refractivity contribution in [2.24, 2.45) is 11.7 Å². The highest BCUT2D eigenvalue weighted by Crippen LogP contribution is 2.42. The van der Waals surface area contributed by atoms with Crippen LogP contribution in [0, 0.1) is 5.92 Å². The molecule has 3 fully saturated rings. The molecule has 3 aliphatic rings. The molecule has 2 unspecified atom stereocenters. The van der Waals surface area contributed by atoms with E-state index in [0.717, 1.165) is 29.7 Å². The first-order valence-corrected chi connectivity index (χ1v) is 13.3. The molecule has 3 heterocycles. The molecule has 1 saturated carbocycles. The number of benzene rings is 1. The number of ketones is 1. The summed E-state index contributed by atoms with van der Waals surface area (Å²) in [5.41, 5.74) is 5.08. The number of Topliss-reactive ketones (excluding diaryl/α,β-unsaturated/α-hetero) is 1. The van der Waals surface area contributed by atoms with Crippen molar-refractivity contribution in [3.63, 3.8) is 0 Å². The van der Waals surface area contributed by atoms with Crippen LogP contribution in [-0.2, 0) is 14.4 Å². The van der Waals surface area contributed by atoms with E-state index in [1.165, 1.54) is 40.4 Å². The molecule has 1 aromatic carbocycles. The third-order valence-electron chi connectivity index (χ3n) is 7.95. The number of hydrogen-bond acceptors (Lipinski definition) is 5. The Labute approximate surface area is 209 Å². The zero-order chi connectivity index (χ0) is 24.6. The first kappa shape index (κ1) is 23.7. The molecule has 35 heavy (non-hydrogen) atoms. The predicted molar refractivity (Wildman–Crippen MR) is 134 cm³/mol. The number of thiophene rings is 1. The van der Waals surface area contributed by atoms with Gasteiger partial charge < -0.3 is 15.5 Å². The van der Waals surface area contributed by atoms with E-state index in [1.54, 1.807) is 6.07 Å². The normalized spacial score (nSPS) is 24.6. The van der Waals surface area contributed by atoms with Gasteiger partial charge in [0, 0.05) is 17.8 Å². The summed E-state index contributed by atoms with van der Waals surface area (Å²) in [4.78, 5) is 57.2. The van der Waals surface area contributed by atoms with Gasteiger partial charge >= 0.3 is 0 Å². The minimum Gasteiger partial charge on any atom is -0.367 e. The van der Waals surface area contributed by atoms with Gasteiger partial charge in [0.05, 0.1) is 17.5 Å². The predicted octanol–water partition coefficient (Wildman–Crippen LogP) is 3.63. The van der Waals surface area contributed by atoms with Crippen molar-refractivity contribution in [1.29, 1.82) is 0 Å². The fraction of sp³-hybridized carbons (Fsp3) is 0.481. The van der Waals surface area contributed by atoms with Crippen molar-refractivity contribution < 1.29 is 19.2 Å². The minimum atomic E-state index is -1.75. The fourth-order valence-electron chi connectivity index (χ4n) is 6.18. The van der Waals surface area contributed by atoms with Crippen molar-refractivity contribution in [2.45, 2.75) is 62.9 Å². The van der Waals surface area contributed by atoms with Crippen LogP contribution in [0.5, 0.6) is 0 Å². The Bertz CT molecular complexity index is 1140. The Morgan fingerprint density at radius 1 is 1.00 bits per heavy atom. The van der Waals surface area contributed by atoms with E-state index < -0.39 is 23.3 Å². The van der Waals surface area contributed by atoms with Crippen LogP contribution in [0.2, 0.25) is 0 Å². The average molecular weight is 494 g/mol. The molecule has 2 N–H and O–H groups in total. The lowest BCUT2D eigenvalue weighted by molar-refractivity contribution is -0.149. The SMILES string of the molecule is NC(=O)C12C(=O)CN(C(=O)c3ccc(-c4ccccc4)s3)C1CCN2C(=O)CCC1CCCCC1. The smallest absolute Gasteiger partial charge is 0.264 e. The van der Waals surface area contributed by atoms with Crippen LogP contribution in [0.4, 0.5) is 0 Å². The Morgan fingerprint density at radius 3 is 2.46 bits per heavy atom. The number of nitrogens with two attached hydrogens (primary N) is 1. The summed E-state index contributed by atoms with van der Waals surface area (Å²) in [7, 11) is 0. The highest BCUT2D eigenvalue weighted by molar-refractivity contribution is 7.17. The van der Waals surface area contributed by atoms with Gasteiger partial charge in [-0.05, 0) is 36.5 Å². The second kappa shape index (κ2) is 9.57. The van der Waals surface area contributed by atoms with E-state index in [2.05, 4.69) is 0 Å². The van der Waals surface area contributed by atoms with Gasteiger partial charge in [-0.25, -0.2) is 0 Å². The summed E-state index contributed by atoms with van der Waals surface area (Å²) in [5.74, 6) is -1.27. The number of amides is 3. The van der Waals surface area contributed by atoms with E-state index in [4.69, 9.17) is 5.73 Å². The summed E-state index contributed by atoms with van der Waals surface area (Å²) in [6.07, 6.45) is 7.33. The monoisotopic (exact) mass is 493 g/mol. The van der Waals surface area contributed by atoms with E-state index in [9.17, 15) is 19.2 Å². The summed E-state index contributed by atoms with van der Waals surface area (Å²) in [6.45, 7) is 0.0454. The number of fused-ring (bicyclic) bond motifs is 1. The highest BCUT2D eigenvalue weighted by atomic mass is 32.1. The van der Waals surface area contributed by atoms with Gasteiger partial charge in [0.1, 0.15) is 0 Å². The lowest BCUT2D eigenvalue weighted by atomic mass is 9.85. The molecule has 0 bridgehead atoms. The maximum atomic E-state index is 13.5. The van der Waals surface area contributed by atoms with Gasteiger partial charge in [-0.15, -0.1) is 11.3 Å². The lowest BCUT2D eigenvalue weighted by Gasteiger charge is -2.35. The molecule has 1 aromatic heterocycles. The topological polar surface area (TPSA) is 101 Å². The number of rotatable bonds is 6. The number of likely N-dealkylation sites (tertiary alicyclic amines) is 2. The Hall–Kier alpha value is -3.00. The van der Waals surface area contributed by atoms with E-state index >= 15 is 0 Å². The molecule has 2 atom stereocenters. The second-order valence-electron chi connectivity index (χ2n) is 9.91. The molecule has 2 aliphatic heterocycles. The molecular formula is C27H31N3O4S. The van der Waals surface area contributed by atoms with Crippen LogP contribution >= 0.6 is 11.3 Å². The van der Waals surface area contributed by atoms with Crippen LogP contribution in [0.25, 0.3) is 10.4 Å². The van der Waals surface area contributed by atoms with Crippen molar-refractivity contribution >= 4 is 34.8 Å². The molecule has 3 amide bonds. The number of carbonyl (C=O) groups is 4. The van der Waals surface area contributed by atoms with Gasteiger partial charge in [0.2, 0.25) is 11.4 Å². The summed E-state index contributed by atoms with van der Waals surface area (Å²) in [6, 6.07) is 12.7. The number of primary amides is 1. The van der Waals surface area contributed by atoms with Gasteiger partial charge in [0.25, 0.3) is 11.8 Å². The van der Waals surface area contributed by atoms with Crippen molar-refractivity contribution in [2.75, 3.05) is 13.1 Å². The molecule has 0 radical (unpaired) electrons. The van der Waals surface area contributed by atoms with Gasteiger partial charge in [-0.1, -0.05) is 62.4 Å². The van der Waals surface area contributed by atoms with Crippen molar-refractivity contribution in [3.8, 4) is 10.4 Å². The molecule has 5 rings (SSSR count). The third-order valence-corrected chi connectivity index (χ3v) is 9.08. The van der Waals surface area contributed by atoms with Gasteiger partial charge in [0.15, 0.2) is 5.78 Å². The van der Waals surface area contributed by atoms with Crippen molar-refractivity contribution in [1.82, 2.24) is 9.80 Å². The maximum Gasteiger partial charge on any atom is 0.264 e. The third kappa shape index (κ3) is 4.07. The van der Waals surface area contributed by atoms with Crippen LogP contribution in [0.15, 0.2) is 42.5 Å². The zero-order valence-electron chi connectivity index (χ0n) is 19.8. The van der Waals surface area contributed by atoms with Crippen LogP contribution < -0.4 is 5.73 Å². The number of hydrogen-bond donors (Lipinski definition) is 1. The van der Waals surface area contributed by atoms with Gasteiger partial charge in [-0.2, -0.15) is 0 Å². The molecule has 8 heteroatoms. The molecule has 184 valence electrons. The summed E-state index contributed by atoms with van der Waals surface area (Å²) >= 11 is 1.36. The Morgan fingerprint density at radius 2 is 1.74 bits per heavy atom. The van der Waals surface area contributed by atoms with E-state index in [0.29, 0.717) is 23.6 Å². The molecule has 2 aromatic rings. The average Bonchev–Trinajstić information content (AvgIpc) is 3.59. The van der Waals surface area contributed by atoms with E-state index in [1.807, 2.05) is 36.4 Å². The van der Waals surface area contributed by atoms with Crippen LogP contribution in [-0.4, -0.2) is 58.0 Å².